The first-order valence-corrected chi connectivity index (χ1v) is 6.25. The standard InChI is InChI=1S/C14H22N2O2.ClH/c1-10(2)18-13-7-5-12(6-8-13)16-14(17)11(3)9-15-4;/h5-8,10-11,15H,9H2,1-4H3,(H,16,17);1H. The minimum absolute atomic E-state index is 0. The molecule has 0 heterocycles. The zero-order valence-electron chi connectivity index (χ0n) is 11.9. The fourth-order valence-electron chi connectivity index (χ4n) is 1.55. The molecule has 0 bridgehead atoms. The molecule has 0 aliphatic carbocycles. The number of benzene rings is 1. The number of hydrogen-bond donors (Lipinski definition) is 2. The van der Waals surface area contributed by atoms with Crippen LogP contribution in [0.4, 0.5) is 5.69 Å². The lowest BCUT2D eigenvalue weighted by molar-refractivity contribution is -0.119. The molecule has 0 aliphatic heterocycles. The Labute approximate surface area is 121 Å². The zero-order chi connectivity index (χ0) is 13.5. The third-order valence-corrected chi connectivity index (χ3v) is 2.45. The highest BCUT2D eigenvalue weighted by Gasteiger charge is 2.11. The van der Waals surface area contributed by atoms with E-state index in [1.807, 2.05) is 52.1 Å². The second kappa shape index (κ2) is 8.77. The Morgan fingerprint density at radius 3 is 2.26 bits per heavy atom. The van der Waals surface area contributed by atoms with E-state index in [4.69, 9.17) is 4.74 Å². The van der Waals surface area contributed by atoms with Gasteiger partial charge in [-0.15, -0.1) is 12.4 Å². The lowest BCUT2D eigenvalue weighted by atomic mass is 10.1. The molecule has 4 nitrogen and oxygen atoms in total. The van der Waals surface area contributed by atoms with Crippen molar-refractivity contribution in [1.29, 1.82) is 0 Å². The van der Waals surface area contributed by atoms with Crippen LogP contribution in [0, 0.1) is 5.92 Å². The molecule has 1 atom stereocenters. The Hall–Kier alpha value is -1.26. The maximum atomic E-state index is 11.8. The van der Waals surface area contributed by atoms with Crippen LogP contribution in [-0.4, -0.2) is 25.6 Å². The van der Waals surface area contributed by atoms with Crippen molar-refractivity contribution >= 4 is 24.0 Å². The third kappa shape index (κ3) is 6.45. The third-order valence-electron chi connectivity index (χ3n) is 2.45. The number of hydrogen-bond acceptors (Lipinski definition) is 3. The van der Waals surface area contributed by atoms with Crippen LogP contribution in [0.25, 0.3) is 0 Å². The van der Waals surface area contributed by atoms with Gasteiger partial charge in [0.15, 0.2) is 0 Å². The molecule has 1 amide bonds. The van der Waals surface area contributed by atoms with Gasteiger partial charge in [0.1, 0.15) is 5.75 Å². The number of anilines is 1. The molecule has 0 aliphatic rings. The molecule has 1 rings (SSSR count). The van der Waals surface area contributed by atoms with Gasteiger partial charge in [-0.25, -0.2) is 0 Å². The average molecular weight is 287 g/mol. The first-order chi connectivity index (χ1) is 8.52. The minimum atomic E-state index is -0.0541. The molecule has 108 valence electrons. The predicted octanol–water partition coefficient (Wildman–Crippen LogP) is 2.69. The van der Waals surface area contributed by atoms with Crippen molar-refractivity contribution in [3.05, 3.63) is 24.3 Å². The molecule has 1 unspecified atom stereocenters. The molecule has 0 saturated heterocycles. The normalized spacial score (nSPS) is 11.6. The Kier molecular flexibility index (Phi) is 8.19. The van der Waals surface area contributed by atoms with Gasteiger partial charge in [-0.05, 0) is 45.2 Å². The summed E-state index contributed by atoms with van der Waals surface area (Å²) >= 11 is 0. The van der Waals surface area contributed by atoms with Gasteiger partial charge in [0.05, 0.1) is 6.10 Å². The molecule has 0 spiro atoms. The fourth-order valence-corrected chi connectivity index (χ4v) is 1.55. The van der Waals surface area contributed by atoms with Gasteiger partial charge < -0.3 is 15.4 Å². The molecule has 19 heavy (non-hydrogen) atoms. The van der Waals surface area contributed by atoms with Crippen LogP contribution in [0.5, 0.6) is 5.75 Å². The fraction of sp³-hybridized carbons (Fsp3) is 0.500. The van der Waals surface area contributed by atoms with E-state index in [1.54, 1.807) is 0 Å². The quantitative estimate of drug-likeness (QED) is 0.845. The van der Waals surface area contributed by atoms with Crippen LogP contribution in [0.15, 0.2) is 24.3 Å². The van der Waals surface area contributed by atoms with Gasteiger partial charge in [0.2, 0.25) is 5.91 Å². The first kappa shape index (κ1) is 17.7. The number of nitrogens with one attached hydrogen (secondary N) is 2. The summed E-state index contributed by atoms with van der Waals surface area (Å²) in [5, 5.41) is 5.86. The Morgan fingerprint density at radius 1 is 1.21 bits per heavy atom. The van der Waals surface area contributed by atoms with E-state index in [-0.39, 0.29) is 30.3 Å². The van der Waals surface area contributed by atoms with Gasteiger partial charge in [0, 0.05) is 18.2 Å². The zero-order valence-corrected chi connectivity index (χ0v) is 12.7. The smallest absolute Gasteiger partial charge is 0.228 e. The molecule has 2 N–H and O–H groups in total. The van der Waals surface area contributed by atoms with Crippen LogP contribution in [0.3, 0.4) is 0 Å². The number of ether oxygens (including phenoxy) is 1. The van der Waals surface area contributed by atoms with Crippen molar-refractivity contribution in [2.45, 2.75) is 26.9 Å². The summed E-state index contributed by atoms with van der Waals surface area (Å²) in [6.07, 6.45) is 0.154. The molecular formula is C14H23ClN2O2. The Balaban J connectivity index is 0.00000324. The van der Waals surface area contributed by atoms with Crippen molar-refractivity contribution in [2.24, 2.45) is 5.92 Å². The lowest BCUT2D eigenvalue weighted by Gasteiger charge is -2.13. The summed E-state index contributed by atoms with van der Waals surface area (Å²) in [4.78, 5) is 11.8. The number of carbonyl (C=O) groups excluding carboxylic acids is 1. The summed E-state index contributed by atoms with van der Waals surface area (Å²) in [7, 11) is 1.84. The maximum absolute atomic E-state index is 11.8. The molecule has 1 aromatic rings. The van der Waals surface area contributed by atoms with Crippen molar-refractivity contribution in [3.8, 4) is 5.75 Å². The van der Waals surface area contributed by atoms with Gasteiger partial charge >= 0.3 is 0 Å². The van der Waals surface area contributed by atoms with Crippen molar-refractivity contribution < 1.29 is 9.53 Å². The van der Waals surface area contributed by atoms with Crippen molar-refractivity contribution in [1.82, 2.24) is 5.32 Å². The van der Waals surface area contributed by atoms with Crippen LogP contribution in [-0.2, 0) is 4.79 Å². The number of carbonyl (C=O) groups is 1. The Bertz CT molecular complexity index is 380. The molecule has 0 fully saturated rings. The summed E-state index contributed by atoms with van der Waals surface area (Å²) in [5.74, 6) is 0.773. The van der Waals surface area contributed by atoms with E-state index in [0.29, 0.717) is 6.54 Å². The summed E-state index contributed by atoms with van der Waals surface area (Å²) in [5.41, 5.74) is 0.791. The summed E-state index contributed by atoms with van der Waals surface area (Å²) in [6, 6.07) is 7.42. The molecule has 5 heteroatoms. The van der Waals surface area contributed by atoms with Crippen LogP contribution < -0.4 is 15.4 Å². The highest BCUT2D eigenvalue weighted by atomic mass is 35.5. The number of amides is 1. The van der Waals surface area contributed by atoms with Crippen LogP contribution in [0.1, 0.15) is 20.8 Å². The second-order valence-corrected chi connectivity index (χ2v) is 4.64. The first-order valence-electron chi connectivity index (χ1n) is 6.25. The molecule has 0 saturated carbocycles. The number of rotatable bonds is 6. The van der Waals surface area contributed by atoms with Crippen LogP contribution in [0.2, 0.25) is 0 Å². The summed E-state index contributed by atoms with van der Waals surface area (Å²) in [6.45, 7) is 6.52. The van der Waals surface area contributed by atoms with Crippen LogP contribution >= 0.6 is 12.4 Å². The monoisotopic (exact) mass is 286 g/mol. The van der Waals surface area contributed by atoms with Gasteiger partial charge in [-0.1, -0.05) is 6.92 Å². The van der Waals surface area contributed by atoms with E-state index in [2.05, 4.69) is 10.6 Å². The topological polar surface area (TPSA) is 50.4 Å². The van der Waals surface area contributed by atoms with Gasteiger partial charge in [0.25, 0.3) is 0 Å². The van der Waals surface area contributed by atoms with E-state index >= 15 is 0 Å². The van der Waals surface area contributed by atoms with Gasteiger partial charge in [-0.3, -0.25) is 4.79 Å². The largest absolute Gasteiger partial charge is 0.491 e. The predicted molar refractivity (Wildman–Crippen MR) is 81.2 cm³/mol. The second-order valence-electron chi connectivity index (χ2n) is 4.64. The minimum Gasteiger partial charge on any atom is -0.491 e. The lowest BCUT2D eigenvalue weighted by Crippen LogP contribution is -2.28. The molecule has 1 aromatic carbocycles. The highest BCUT2D eigenvalue weighted by Crippen LogP contribution is 2.17. The maximum Gasteiger partial charge on any atom is 0.228 e. The highest BCUT2D eigenvalue weighted by molar-refractivity contribution is 5.92. The average Bonchev–Trinajstić information content (AvgIpc) is 2.31. The van der Waals surface area contributed by atoms with Crippen molar-refractivity contribution in [2.75, 3.05) is 18.9 Å². The van der Waals surface area contributed by atoms with E-state index in [9.17, 15) is 4.79 Å². The number of halogens is 1. The van der Waals surface area contributed by atoms with Crippen molar-refractivity contribution in [3.63, 3.8) is 0 Å². The molecule has 0 aromatic heterocycles. The summed E-state index contributed by atoms with van der Waals surface area (Å²) < 4.78 is 5.54. The van der Waals surface area contributed by atoms with E-state index < -0.39 is 0 Å². The Morgan fingerprint density at radius 2 is 1.79 bits per heavy atom. The molecular weight excluding hydrogens is 264 g/mol. The van der Waals surface area contributed by atoms with Gasteiger partial charge in [-0.2, -0.15) is 0 Å². The van der Waals surface area contributed by atoms with E-state index in [0.717, 1.165) is 11.4 Å². The molecule has 0 radical (unpaired) electrons. The SMILES string of the molecule is CNCC(C)C(=O)Nc1ccc(OC(C)C)cc1.Cl. The van der Waals surface area contributed by atoms with E-state index in [1.165, 1.54) is 0 Å².